The van der Waals surface area contributed by atoms with Crippen molar-refractivity contribution in [1.29, 1.82) is 0 Å². The molecule has 0 bridgehead atoms. The quantitative estimate of drug-likeness (QED) is 0.832. The second-order valence-corrected chi connectivity index (χ2v) is 9.42. The summed E-state index contributed by atoms with van der Waals surface area (Å²) >= 11 is 0. The minimum atomic E-state index is -0.257. The van der Waals surface area contributed by atoms with Gasteiger partial charge in [0, 0.05) is 31.3 Å². The average molecular weight is 348 g/mol. The van der Waals surface area contributed by atoms with Gasteiger partial charge in [-0.05, 0) is 74.5 Å². The summed E-state index contributed by atoms with van der Waals surface area (Å²) in [5, 5.41) is 9.60. The summed E-state index contributed by atoms with van der Waals surface area (Å²) in [7, 11) is 0. The van der Waals surface area contributed by atoms with E-state index in [-0.39, 0.29) is 17.8 Å². The minimum Gasteiger partial charge on any atom is -0.396 e. The number of rotatable bonds is 2. The minimum absolute atomic E-state index is 0.170. The zero-order chi connectivity index (χ0) is 17.1. The summed E-state index contributed by atoms with van der Waals surface area (Å²) in [5.74, 6) is 3.81. The van der Waals surface area contributed by atoms with Gasteiger partial charge in [-0.1, -0.05) is 0 Å². The first-order valence-corrected chi connectivity index (χ1v) is 10.6. The molecule has 5 rings (SSSR count). The van der Waals surface area contributed by atoms with Crippen LogP contribution in [-0.4, -0.2) is 36.5 Å². The summed E-state index contributed by atoms with van der Waals surface area (Å²) < 4.78 is 12.0. The third kappa shape index (κ3) is 2.40. The van der Waals surface area contributed by atoms with E-state index < -0.39 is 0 Å². The third-order valence-corrected chi connectivity index (χ3v) is 8.77. The average Bonchev–Trinajstić information content (AvgIpc) is 3.20. The van der Waals surface area contributed by atoms with Crippen LogP contribution in [0.4, 0.5) is 0 Å². The molecule has 0 aromatic rings. The molecule has 4 unspecified atom stereocenters. The highest BCUT2D eigenvalue weighted by Crippen LogP contribution is 2.63. The molecule has 0 aromatic carbocycles. The number of ether oxygens (including phenoxy) is 2. The molecule has 1 saturated heterocycles. The molecule has 1 aliphatic heterocycles. The van der Waals surface area contributed by atoms with E-state index in [2.05, 4.69) is 0 Å². The molecule has 0 radical (unpaired) electrons. The van der Waals surface area contributed by atoms with Crippen molar-refractivity contribution in [3.05, 3.63) is 0 Å². The molecular formula is C21H32O4. The zero-order valence-corrected chi connectivity index (χ0v) is 15.3. The number of fused-ring (bicyclic) bond motifs is 5. The number of carbonyl (C=O) groups excluding carboxylic acids is 1. The first-order chi connectivity index (χ1) is 12.2. The van der Waals surface area contributed by atoms with Gasteiger partial charge in [0.05, 0.1) is 13.2 Å². The van der Waals surface area contributed by atoms with E-state index in [1.54, 1.807) is 0 Å². The summed E-state index contributed by atoms with van der Waals surface area (Å²) in [5.41, 5.74) is -0.170. The van der Waals surface area contributed by atoms with Gasteiger partial charge in [-0.2, -0.15) is 0 Å². The molecule has 0 amide bonds. The summed E-state index contributed by atoms with van der Waals surface area (Å²) in [4.78, 5) is 12.7. The van der Waals surface area contributed by atoms with Gasteiger partial charge >= 0.3 is 0 Å². The van der Waals surface area contributed by atoms with E-state index in [0.29, 0.717) is 24.0 Å². The highest BCUT2D eigenvalue weighted by molar-refractivity contribution is 5.87. The number of aliphatic hydroxyl groups excluding tert-OH is 1. The summed E-state index contributed by atoms with van der Waals surface area (Å²) in [6, 6.07) is 0. The number of carbonyl (C=O) groups is 1. The fraction of sp³-hybridized carbons (Fsp3) is 0.952. The molecule has 25 heavy (non-hydrogen) atoms. The van der Waals surface area contributed by atoms with Gasteiger partial charge in [-0.15, -0.1) is 0 Å². The van der Waals surface area contributed by atoms with Gasteiger partial charge in [0.1, 0.15) is 5.78 Å². The van der Waals surface area contributed by atoms with E-state index in [4.69, 9.17) is 9.47 Å². The Hall–Kier alpha value is -0.450. The predicted molar refractivity (Wildman–Crippen MR) is 92.8 cm³/mol. The molecule has 0 aromatic heterocycles. The van der Waals surface area contributed by atoms with E-state index in [9.17, 15) is 9.90 Å². The van der Waals surface area contributed by atoms with E-state index in [1.165, 1.54) is 25.7 Å². The largest absolute Gasteiger partial charge is 0.396 e. The summed E-state index contributed by atoms with van der Waals surface area (Å²) in [6.07, 6.45) is 10.7. The van der Waals surface area contributed by atoms with E-state index >= 15 is 0 Å². The standard InChI is InChI=1S/C21H32O4/c22-10-9-20-7-5-16-15-6-8-21(24-11-12-25-21)13-14(15)1-2-17(16)18(20)3-4-19(20)23/h14-18,22H,1-13H2/t14-,15?,16?,17?,18?,20+/m0/s1. The Morgan fingerprint density at radius 2 is 1.76 bits per heavy atom. The number of ketones is 1. The Morgan fingerprint density at radius 1 is 0.960 bits per heavy atom. The van der Waals surface area contributed by atoms with Crippen LogP contribution < -0.4 is 0 Å². The zero-order valence-electron chi connectivity index (χ0n) is 15.3. The lowest BCUT2D eigenvalue weighted by Gasteiger charge is -2.56. The maximum atomic E-state index is 12.7. The van der Waals surface area contributed by atoms with Crippen molar-refractivity contribution in [3.63, 3.8) is 0 Å². The van der Waals surface area contributed by atoms with Gasteiger partial charge < -0.3 is 14.6 Å². The molecule has 140 valence electrons. The highest BCUT2D eigenvalue weighted by atomic mass is 16.7. The van der Waals surface area contributed by atoms with E-state index in [1.807, 2.05) is 0 Å². The molecular weight excluding hydrogens is 316 g/mol. The molecule has 1 heterocycles. The number of hydrogen-bond donors (Lipinski definition) is 1. The Labute approximate surface area is 150 Å². The Kier molecular flexibility index (Phi) is 4.03. The van der Waals surface area contributed by atoms with Crippen LogP contribution in [-0.2, 0) is 14.3 Å². The maximum absolute atomic E-state index is 12.7. The van der Waals surface area contributed by atoms with Gasteiger partial charge in [0.2, 0.25) is 0 Å². The number of Topliss-reactive ketones (excluding diaryl/α,β-unsaturated/α-hetero) is 1. The molecule has 5 fully saturated rings. The molecule has 6 atom stereocenters. The third-order valence-electron chi connectivity index (χ3n) is 8.77. The Bertz CT molecular complexity index is 540. The van der Waals surface area contributed by atoms with Crippen LogP contribution in [0.2, 0.25) is 0 Å². The lowest BCUT2D eigenvalue weighted by molar-refractivity contribution is -0.209. The van der Waals surface area contributed by atoms with Crippen molar-refractivity contribution in [2.45, 2.75) is 70.0 Å². The fourth-order valence-electron chi connectivity index (χ4n) is 7.82. The van der Waals surface area contributed by atoms with Crippen molar-refractivity contribution in [2.24, 2.45) is 35.0 Å². The Balaban J connectivity index is 1.36. The fourth-order valence-corrected chi connectivity index (χ4v) is 7.82. The highest BCUT2D eigenvalue weighted by Gasteiger charge is 2.59. The van der Waals surface area contributed by atoms with Gasteiger partial charge in [0.25, 0.3) is 0 Å². The van der Waals surface area contributed by atoms with Crippen LogP contribution in [0.1, 0.15) is 64.2 Å². The second kappa shape index (κ2) is 6.03. The van der Waals surface area contributed by atoms with Crippen molar-refractivity contribution in [3.8, 4) is 0 Å². The normalized spacial score (nSPS) is 48.2. The monoisotopic (exact) mass is 348 g/mol. The SMILES string of the molecule is O=C1CCC2C3CC[C@H]4CC5(CCC4C3CC[C@]12CCO)OCCO5. The van der Waals surface area contributed by atoms with Gasteiger partial charge in [-0.25, -0.2) is 0 Å². The van der Waals surface area contributed by atoms with Gasteiger partial charge in [-0.3, -0.25) is 4.79 Å². The number of aliphatic hydroxyl groups is 1. The molecule has 4 saturated carbocycles. The molecule has 1 N–H and O–H groups in total. The van der Waals surface area contributed by atoms with Gasteiger partial charge in [0.15, 0.2) is 5.79 Å². The topological polar surface area (TPSA) is 55.8 Å². The molecule has 1 spiro atoms. The van der Waals surface area contributed by atoms with Crippen LogP contribution in [0.3, 0.4) is 0 Å². The lowest BCUT2D eigenvalue weighted by atomic mass is 9.49. The van der Waals surface area contributed by atoms with Crippen molar-refractivity contribution < 1.29 is 19.4 Å². The summed E-state index contributed by atoms with van der Waals surface area (Å²) in [6.45, 7) is 1.69. The molecule has 4 heteroatoms. The molecule has 4 aliphatic carbocycles. The van der Waals surface area contributed by atoms with Crippen LogP contribution in [0.5, 0.6) is 0 Å². The van der Waals surface area contributed by atoms with E-state index in [0.717, 1.165) is 63.1 Å². The van der Waals surface area contributed by atoms with Crippen molar-refractivity contribution >= 4 is 5.78 Å². The van der Waals surface area contributed by atoms with Crippen LogP contribution >= 0.6 is 0 Å². The molecule has 4 nitrogen and oxygen atoms in total. The number of hydrogen-bond acceptors (Lipinski definition) is 4. The molecule has 5 aliphatic rings. The van der Waals surface area contributed by atoms with Crippen LogP contribution in [0.15, 0.2) is 0 Å². The smallest absolute Gasteiger partial charge is 0.168 e. The van der Waals surface area contributed by atoms with Crippen molar-refractivity contribution in [1.82, 2.24) is 0 Å². The first kappa shape index (κ1) is 16.7. The maximum Gasteiger partial charge on any atom is 0.168 e. The van der Waals surface area contributed by atoms with Crippen LogP contribution in [0, 0.1) is 35.0 Å². The first-order valence-electron chi connectivity index (χ1n) is 10.6. The Morgan fingerprint density at radius 3 is 2.56 bits per heavy atom. The lowest BCUT2D eigenvalue weighted by Crippen LogP contribution is -2.52. The van der Waals surface area contributed by atoms with Crippen molar-refractivity contribution in [2.75, 3.05) is 19.8 Å². The van der Waals surface area contributed by atoms with Crippen LogP contribution in [0.25, 0.3) is 0 Å². The predicted octanol–water partition coefficient (Wildman–Crippen LogP) is 3.31. The second-order valence-electron chi connectivity index (χ2n) is 9.42.